The molecular formula is C7H4Cl2F2N2O2. The van der Waals surface area contributed by atoms with Gasteiger partial charge >= 0.3 is 0 Å². The Morgan fingerprint density at radius 2 is 2.20 bits per heavy atom. The predicted molar refractivity (Wildman–Crippen MR) is 50.4 cm³/mol. The molecule has 0 saturated carbocycles. The van der Waals surface area contributed by atoms with E-state index in [4.69, 9.17) is 23.2 Å². The van der Waals surface area contributed by atoms with E-state index in [0.717, 1.165) is 6.20 Å². The molecule has 1 rings (SSSR count). The van der Waals surface area contributed by atoms with Gasteiger partial charge in [-0.3, -0.25) is 10.1 Å². The van der Waals surface area contributed by atoms with Gasteiger partial charge in [-0.1, -0.05) is 11.6 Å². The lowest BCUT2D eigenvalue weighted by atomic mass is 10.2. The SMILES string of the molecule is O=[N+]([O-])c1cnc(C(F)F)c(Cl)c1CCl. The van der Waals surface area contributed by atoms with E-state index in [-0.39, 0.29) is 11.4 Å². The fourth-order valence-electron chi connectivity index (χ4n) is 0.969. The maximum absolute atomic E-state index is 12.3. The predicted octanol–water partition coefficient (Wildman–Crippen LogP) is 3.32. The van der Waals surface area contributed by atoms with E-state index in [9.17, 15) is 18.9 Å². The second-order valence-electron chi connectivity index (χ2n) is 2.51. The zero-order valence-electron chi connectivity index (χ0n) is 7.08. The Labute approximate surface area is 93.0 Å². The first kappa shape index (κ1) is 12.1. The summed E-state index contributed by atoms with van der Waals surface area (Å²) in [6.07, 6.45) is -2.16. The second-order valence-corrected chi connectivity index (χ2v) is 3.16. The van der Waals surface area contributed by atoms with Crippen LogP contribution in [-0.4, -0.2) is 9.91 Å². The van der Waals surface area contributed by atoms with Crippen molar-refractivity contribution in [2.75, 3.05) is 0 Å². The standard InChI is InChI=1S/C7H4Cl2F2N2O2/c8-1-3-4(13(14)15)2-12-6(5(3)9)7(10)11/h2,7H,1H2. The van der Waals surface area contributed by atoms with Crippen molar-refractivity contribution in [3.63, 3.8) is 0 Å². The number of aromatic nitrogens is 1. The summed E-state index contributed by atoms with van der Waals surface area (Å²) in [7, 11) is 0. The van der Waals surface area contributed by atoms with E-state index < -0.39 is 27.8 Å². The lowest BCUT2D eigenvalue weighted by molar-refractivity contribution is -0.385. The molecule has 0 radical (unpaired) electrons. The van der Waals surface area contributed by atoms with Crippen molar-refractivity contribution in [3.05, 3.63) is 32.6 Å². The van der Waals surface area contributed by atoms with Crippen LogP contribution in [0.15, 0.2) is 6.20 Å². The first-order chi connectivity index (χ1) is 6.99. The van der Waals surface area contributed by atoms with Crippen LogP contribution in [0.1, 0.15) is 17.7 Å². The number of nitrogens with zero attached hydrogens (tertiary/aromatic N) is 2. The van der Waals surface area contributed by atoms with Gasteiger partial charge in [-0.15, -0.1) is 11.6 Å². The summed E-state index contributed by atoms with van der Waals surface area (Å²) in [6, 6.07) is 0. The van der Waals surface area contributed by atoms with Crippen molar-refractivity contribution >= 4 is 28.9 Å². The molecule has 1 aromatic heterocycles. The smallest absolute Gasteiger partial charge is 0.258 e. The quantitative estimate of drug-likeness (QED) is 0.474. The van der Waals surface area contributed by atoms with Crippen molar-refractivity contribution in [2.45, 2.75) is 12.3 Å². The normalized spacial score (nSPS) is 10.7. The van der Waals surface area contributed by atoms with Crippen molar-refractivity contribution in [1.29, 1.82) is 0 Å². The van der Waals surface area contributed by atoms with Crippen LogP contribution >= 0.6 is 23.2 Å². The van der Waals surface area contributed by atoms with Gasteiger partial charge in [-0.2, -0.15) is 0 Å². The van der Waals surface area contributed by atoms with Gasteiger partial charge in [0.25, 0.3) is 12.1 Å². The van der Waals surface area contributed by atoms with Crippen LogP contribution in [0.2, 0.25) is 5.02 Å². The first-order valence-electron chi connectivity index (χ1n) is 3.64. The maximum Gasteiger partial charge on any atom is 0.293 e. The van der Waals surface area contributed by atoms with Gasteiger partial charge in [0, 0.05) is 0 Å². The summed E-state index contributed by atoms with van der Waals surface area (Å²) in [5.74, 6) is -0.322. The van der Waals surface area contributed by atoms with Crippen LogP contribution in [0.3, 0.4) is 0 Å². The molecule has 0 aliphatic heterocycles. The molecule has 0 fully saturated rings. The molecule has 0 saturated heterocycles. The van der Waals surface area contributed by atoms with Crippen molar-refractivity contribution in [1.82, 2.24) is 4.98 Å². The minimum Gasteiger partial charge on any atom is -0.258 e. The number of hydrogen-bond acceptors (Lipinski definition) is 3. The molecule has 0 atom stereocenters. The lowest BCUT2D eigenvalue weighted by Gasteiger charge is -2.06. The molecule has 1 aromatic rings. The van der Waals surface area contributed by atoms with E-state index in [1.165, 1.54) is 0 Å². The third-order valence-corrected chi connectivity index (χ3v) is 2.35. The second kappa shape index (κ2) is 4.67. The Kier molecular flexibility index (Phi) is 3.76. The molecule has 0 bridgehead atoms. The van der Waals surface area contributed by atoms with Crippen LogP contribution in [0.5, 0.6) is 0 Å². The number of alkyl halides is 3. The highest BCUT2D eigenvalue weighted by molar-refractivity contribution is 6.33. The number of halogens is 4. The summed E-state index contributed by atoms with van der Waals surface area (Å²) in [5.41, 5.74) is -1.30. The molecule has 0 spiro atoms. The summed E-state index contributed by atoms with van der Waals surface area (Å²) in [5, 5.41) is 10.0. The minimum absolute atomic E-state index is 0.145. The van der Waals surface area contributed by atoms with Crippen LogP contribution in [0.25, 0.3) is 0 Å². The highest BCUT2D eigenvalue weighted by atomic mass is 35.5. The topological polar surface area (TPSA) is 56.0 Å². The fraction of sp³-hybridized carbons (Fsp3) is 0.286. The summed E-state index contributed by atoms with van der Waals surface area (Å²) in [6.45, 7) is 0. The molecule has 15 heavy (non-hydrogen) atoms. The van der Waals surface area contributed by atoms with Crippen molar-refractivity contribution in [3.8, 4) is 0 Å². The highest BCUT2D eigenvalue weighted by Gasteiger charge is 2.24. The average molecular weight is 257 g/mol. The molecule has 0 aliphatic carbocycles. The third-order valence-electron chi connectivity index (χ3n) is 1.66. The van der Waals surface area contributed by atoms with Gasteiger partial charge in [0.2, 0.25) is 0 Å². The first-order valence-corrected chi connectivity index (χ1v) is 4.56. The molecule has 8 heteroatoms. The van der Waals surface area contributed by atoms with Crippen LogP contribution in [-0.2, 0) is 5.88 Å². The molecule has 0 unspecified atom stereocenters. The lowest BCUT2D eigenvalue weighted by Crippen LogP contribution is -2.00. The van der Waals surface area contributed by atoms with Gasteiger partial charge < -0.3 is 0 Å². The van der Waals surface area contributed by atoms with Crippen molar-refractivity contribution in [2.24, 2.45) is 0 Å². The van der Waals surface area contributed by atoms with E-state index >= 15 is 0 Å². The molecule has 1 heterocycles. The van der Waals surface area contributed by atoms with Crippen molar-refractivity contribution < 1.29 is 13.7 Å². The molecule has 0 aliphatic rings. The van der Waals surface area contributed by atoms with E-state index in [2.05, 4.69) is 4.98 Å². The number of pyridine rings is 1. The Balaban J connectivity index is 3.39. The molecule has 0 amide bonds. The zero-order chi connectivity index (χ0) is 11.6. The molecular weight excluding hydrogens is 253 g/mol. The average Bonchev–Trinajstić information content (AvgIpc) is 2.16. The van der Waals surface area contributed by atoms with E-state index in [1.54, 1.807) is 0 Å². The minimum atomic E-state index is -2.89. The summed E-state index contributed by atoms with van der Waals surface area (Å²) >= 11 is 10.9. The number of nitro groups is 1. The van der Waals surface area contributed by atoms with E-state index in [0.29, 0.717) is 0 Å². The largest absolute Gasteiger partial charge is 0.293 e. The Morgan fingerprint density at radius 3 is 2.60 bits per heavy atom. The Bertz CT molecular complexity index is 401. The van der Waals surface area contributed by atoms with Gasteiger partial charge in [-0.25, -0.2) is 13.8 Å². The number of hydrogen-bond donors (Lipinski definition) is 0. The highest BCUT2D eigenvalue weighted by Crippen LogP contribution is 2.33. The monoisotopic (exact) mass is 256 g/mol. The maximum atomic E-state index is 12.3. The van der Waals surface area contributed by atoms with Gasteiger partial charge in [-0.05, 0) is 0 Å². The zero-order valence-corrected chi connectivity index (χ0v) is 8.60. The Morgan fingerprint density at radius 1 is 1.60 bits per heavy atom. The van der Waals surface area contributed by atoms with Gasteiger partial charge in [0.15, 0.2) is 0 Å². The Hall–Kier alpha value is -1.01. The summed E-state index contributed by atoms with van der Waals surface area (Å²) < 4.78 is 24.6. The molecule has 4 nitrogen and oxygen atoms in total. The molecule has 0 N–H and O–H groups in total. The van der Waals surface area contributed by atoms with E-state index in [1.807, 2.05) is 0 Å². The molecule has 0 aromatic carbocycles. The third kappa shape index (κ3) is 2.32. The van der Waals surface area contributed by atoms with Crippen LogP contribution in [0, 0.1) is 10.1 Å². The van der Waals surface area contributed by atoms with Gasteiger partial charge in [0.05, 0.1) is 21.4 Å². The fourth-order valence-corrected chi connectivity index (χ4v) is 1.60. The van der Waals surface area contributed by atoms with Gasteiger partial charge in [0.1, 0.15) is 11.9 Å². The summed E-state index contributed by atoms with van der Waals surface area (Å²) in [4.78, 5) is 12.9. The van der Waals surface area contributed by atoms with Crippen LogP contribution < -0.4 is 0 Å². The van der Waals surface area contributed by atoms with Crippen LogP contribution in [0.4, 0.5) is 14.5 Å². The number of rotatable bonds is 3. The molecule has 82 valence electrons.